The Labute approximate surface area is 182 Å². The third kappa shape index (κ3) is 4.77. The van der Waals surface area contributed by atoms with Gasteiger partial charge in [0.05, 0.1) is 25.4 Å². The molecule has 7 nitrogen and oxygen atoms in total. The topological polar surface area (TPSA) is 65.5 Å². The van der Waals surface area contributed by atoms with Crippen LogP contribution in [0.3, 0.4) is 0 Å². The molecule has 1 atom stereocenters. The maximum Gasteiger partial charge on any atom is 0.257 e. The van der Waals surface area contributed by atoms with E-state index < -0.39 is 0 Å². The second-order valence-electron chi connectivity index (χ2n) is 7.93. The summed E-state index contributed by atoms with van der Waals surface area (Å²) in [5.74, 6) is 0.845. The number of hydrogen-bond acceptors (Lipinski definition) is 5. The first kappa shape index (κ1) is 21.1. The Kier molecular flexibility index (Phi) is 6.32. The molecule has 0 aromatic heterocycles. The molecule has 2 amide bonds. The van der Waals surface area contributed by atoms with Crippen LogP contribution in [-0.2, 0) is 9.59 Å². The summed E-state index contributed by atoms with van der Waals surface area (Å²) in [6.07, 6.45) is 0.667. The average molecular weight is 421 g/mol. The van der Waals surface area contributed by atoms with Gasteiger partial charge in [-0.25, -0.2) is 5.01 Å². The van der Waals surface area contributed by atoms with Crippen molar-refractivity contribution in [3.63, 3.8) is 0 Å². The number of rotatable bonds is 5. The molecular weight excluding hydrogens is 392 g/mol. The predicted molar refractivity (Wildman–Crippen MR) is 119 cm³/mol. The van der Waals surface area contributed by atoms with Crippen LogP contribution in [0.15, 0.2) is 59.7 Å². The van der Waals surface area contributed by atoms with Gasteiger partial charge >= 0.3 is 0 Å². The standard InChI is InChI=1S/C24H28N4O3/c1-18(29)27-14-12-26(13-15-27)17-24(30)28-23(20-8-10-21(31-2)11-9-20)16-22(25-28)19-6-4-3-5-7-19/h3-11,23H,12-17H2,1-2H3/t23-/m1/s1. The van der Waals surface area contributed by atoms with E-state index in [1.54, 1.807) is 19.0 Å². The van der Waals surface area contributed by atoms with E-state index in [1.165, 1.54) is 0 Å². The van der Waals surface area contributed by atoms with Crippen molar-refractivity contribution in [1.82, 2.24) is 14.8 Å². The van der Waals surface area contributed by atoms with Crippen molar-refractivity contribution in [1.29, 1.82) is 0 Å². The maximum atomic E-state index is 13.3. The summed E-state index contributed by atoms with van der Waals surface area (Å²) >= 11 is 0. The average Bonchev–Trinajstić information content (AvgIpc) is 3.26. The number of carbonyl (C=O) groups is 2. The molecule has 162 valence electrons. The van der Waals surface area contributed by atoms with E-state index in [0.29, 0.717) is 39.1 Å². The summed E-state index contributed by atoms with van der Waals surface area (Å²) in [7, 11) is 1.64. The second-order valence-corrected chi connectivity index (χ2v) is 7.93. The van der Waals surface area contributed by atoms with E-state index in [1.807, 2.05) is 59.5 Å². The van der Waals surface area contributed by atoms with Gasteiger partial charge in [0.2, 0.25) is 5.91 Å². The van der Waals surface area contributed by atoms with Gasteiger partial charge < -0.3 is 9.64 Å². The van der Waals surface area contributed by atoms with Crippen molar-refractivity contribution in [2.24, 2.45) is 5.10 Å². The van der Waals surface area contributed by atoms with E-state index in [4.69, 9.17) is 9.84 Å². The van der Waals surface area contributed by atoms with Crippen molar-refractivity contribution in [2.45, 2.75) is 19.4 Å². The zero-order chi connectivity index (χ0) is 21.8. The number of piperazine rings is 1. The molecule has 31 heavy (non-hydrogen) atoms. The van der Waals surface area contributed by atoms with Crippen LogP contribution in [0.2, 0.25) is 0 Å². The molecule has 2 heterocycles. The highest BCUT2D eigenvalue weighted by molar-refractivity contribution is 6.03. The summed E-state index contributed by atoms with van der Waals surface area (Å²) in [6.45, 7) is 4.59. The smallest absolute Gasteiger partial charge is 0.257 e. The molecule has 0 radical (unpaired) electrons. The summed E-state index contributed by atoms with van der Waals surface area (Å²) in [6, 6.07) is 17.7. The van der Waals surface area contributed by atoms with Gasteiger partial charge in [-0.3, -0.25) is 14.5 Å². The molecule has 2 aliphatic heterocycles. The highest BCUT2D eigenvalue weighted by atomic mass is 16.5. The number of benzene rings is 2. The third-order valence-electron chi connectivity index (χ3n) is 5.95. The van der Waals surface area contributed by atoms with Crippen molar-refractivity contribution in [3.05, 3.63) is 65.7 Å². The number of hydrogen-bond donors (Lipinski definition) is 0. The fraction of sp³-hybridized carbons (Fsp3) is 0.375. The number of ether oxygens (including phenoxy) is 1. The van der Waals surface area contributed by atoms with Crippen LogP contribution in [-0.4, -0.2) is 72.2 Å². The Balaban J connectivity index is 1.52. The molecule has 0 saturated carbocycles. The minimum absolute atomic E-state index is 0.0250. The van der Waals surface area contributed by atoms with Crippen LogP contribution in [0.25, 0.3) is 0 Å². The molecule has 0 N–H and O–H groups in total. The lowest BCUT2D eigenvalue weighted by Crippen LogP contribution is -2.50. The van der Waals surface area contributed by atoms with Gasteiger partial charge in [-0.2, -0.15) is 5.10 Å². The lowest BCUT2D eigenvalue weighted by atomic mass is 9.98. The molecule has 1 saturated heterocycles. The van der Waals surface area contributed by atoms with Crippen molar-refractivity contribution in [2.75, 3.05) is 39.8 Å². The molecule has 7 heteroatoms. The van der Waals surface area contributed by atoms with Crippen LogP contribution in [0.4, 0.5) is 0 Å². The van der Waals surface area contributed by atoms with Gasteiger partial charge in [0, 0.05) is 39.5 Å². The molecule has 0 unspecified atom stereocenters. The van der Waals surface area contributed by atoms with E-state index >= 15 is 0 Å². The highest BCUT2D eigenvalue weighted by Crippen LogP contribution is 2.33. The quantitative estimate of drug-likeness (QED) is 0.746. The number of nitrogens with zero attached hydrogens (tertiary/aromatic N) is 4. The Morgan fingerprint density at radius 1 is 1.00 bits per heavy atom. The molecule has 4 rings (SSSR count). The minimum atomic E-state index is -0.146. The third-order valence-corrected chi connectivity index (χ3v) is 5.95. The highest BCUT2D eigenvalue weighted by Gasteiger charge is 2.34. The first-order valence-corrected chi connectivity index (χ1v) is 10.6. The largest absolute Gasteiger partial charge is 0.497 e. The van der Waals surface area contributed by atoms with Crippen molar-refractivity contribution >= 4 is 17.5 Å². The molecule has 0 aliphatic carbocycles. The zero-order valence-electron chi connectivity index (χ0n) is 18.0. The Morgan fingerprint density at radius 3 is 2.29 bits per heavy atom. The molecule has 0 spiro atoms. The first-order valence-electron chi connectivity index (χ1n) is 10.6. The lowest BCUT2D eigenvalue weighted by Gasteiger charge is -2.34. The second kappa shape index (κ2) is 9.31. The number of amides is 2. The Bertz CT molecular complexity index is 951. The van der Waals surface area contributed by atoms with E-state index in [0.717, 1.165) is 22.6 Å². The number of carbonyl (C=O) groups excluding carboxylic acids is 2. The van der Waals surface area contributed by atoms with Crippen LogP contribution in [0, 0.1) is 0 Å². The Hall–Kier alpha value is -3.19. The van der Waals surface area contributed by atoms with Crippen LogP contribution in [0.1, 0.15) is 30.5 Å². The minimum Gasteiger partial charge on any atom is -0.497 e. The summed E-state index contributed by atoms with van der Waals surface area (Å²) in [4.78, 5) is 28.8. The summed E-state index contributed by atoms with van der Waals surface area (Å²) < 4.78 is 5.28. The van der Waals surface area contributed by atoms with Crippen LogP contribution in [0.5, 0.6) is 5.75 Å². The molecule has 1 fully saturated rings. The lowest BCUT2D eigenvalue weighted by molar-refractivity contribution is -0.135. The van der Waals surface area contributed by atoms with Crippen LogP contribution >= 0.6 is 0 Å². The number of hydrazone groups is 1. The first-order chi connectivity index (χ1) is 15.0. The monoisotopic (exact) mass is 420 g/mol. The van der Waals surface area contributed by atoms with Crippen molar-refractivity contribution in [3.8, 4) is 5.75 Å². The van der Waals surface area contributed by atoms with Gasteiger partial charge in [-0.1, -0.05) is 42.5 Å². The molecular formula is C24H28N4O3. The molecule has 2 aromatic carbocycles. The normalized spacial score (nSPS) is 19.3. The van der Waals surface area contributed by atoms with Gasteiger partial charge in [0.15, 0.2) is 0 Å². The van der Waals surface area contributed by atoms with Gasteiger partial charge in [-0.05, 0) is 23.3 Å². The van der Waals surface area contributed by atoms with Crippen molar-refractivity contribution < 1.29 is 14.3 Å². The number of methoxy groups -OCH3 is 1. The summed E-state index contributed by atoms with van der Waals surface area (Å²) in [5, 5.41) is 6.39. The maximum absolute atomic E-state index is 13.3. The van der Waals surface area contributed by atoms with E-state index in [9.17, 15) is 9.59 Å². The zero-order valence-corrected chi connectivity index (χ0v) is 18.0. The summed E-state index contributed by atoms with van der Waals surface area (Å²) in [5.41, 5.74) is 2.98. The Morgan fingerprint density at radius 2 is 1.68 bits per heavy atom. The van der Waals surface area contributed by atoms with Gasteiger partial charge in [0.1, 0.15) is 5.75 Å². The molecule has 0 bridgehead atoms. The fourth-order valence-corrected chi connectivity index (χ4v) is 4.12. The van der Waals surface area contributed by atoms with E-state index in [-0.39, 0.29) is 17.9 Å². The van der Waals surface area contributed by atoms with E-state index in [2.05, 4.69) is 4.90 Å². The van der Waals surface area contributed by atoms with Crippen LogP contribution < -0.4 is 4.74 Å². The predicted octanol–water partition coefficient (Wildman–Crippen LogP) is 2.54. The van der Waals surface area contributed by atoms with Gasteiger partial charge in [-0.15, -0.1) is 0 Å². The molecule has 2 aliphatic rings. The molecule has 2 aromatic rings. The SMILES string of the molecule is COc1ccc([C@H]2CC(c3ccccc3)=NN2C(=O)CN2CCN(C(C)=O)CC2)cc1. The van der Waals surface area contributed by atoms with Gasteiger partial charge in [0.25, 0.3) is 5.91 Å². The fourth-order valence-electron chi connectivity index (χ4n) is 4.12.